The van der Waals surface area contributed by atoms with Crippen LogP contribution < -0.4 is 4.74 Å². The van der Waals surface area contributed by atoms with Crippen molar-refractivity contribution in [1.82, 2.24) is 9.78 Å². The largest absolute Gasteiger partial charge is 0.494 e. The van der Waals surface area contributed by atoms with E-state index in [0.29, 0.717) is 24.3 Å². The highest BCUT2D eigenvalue weighted by molar-refractivity contribution is 5.87. The summed E-state index contributed by atoms with van der Waals surface area (Å²) in [5, 5.41) is 13.6. The lowest BCUT2D eigenvalue weighted by Gasteiger charge is -2.16. The number of rotatable bonds is 3. The van der Waals surface area contributed by atoms with Crippen LogP contribution in [0.2, 0.25) is 0 Å². The molecule has 0 spiro atoms. The Morgan fingerprint density at radius 2 is 2.29 bits per heavy atom. The van der Waals surface area contributed by atoms with Crippen molar-refractivity contribution in [3.8, 4) is 11.4 Å². The summed E-state index contributed by atoms with van der Waals surface area (Å²) in [6, 6.07) is 5.74. The van der Waals surface area contributed by atoms with E-state index in [0.717, 1.165) is 16.9 Å². The van der Waals surface area contributed by atoms with Crippen molar-refractivity contribution in [2.75, 3.05) is 13.7 Å². The number of methoxy groups -OCH3 is 1. The molecule has 0 bridgehead atoms. The molecule has 3 rings (SSSR count). The smallest absolute Gasteiger partial charge is 0.356 e. The van der Waals surface area contributed by atoms with E-state index in [-0.39, 0.29) is 12.3 Å². The van der Waals surface area contributed by atoms with Crippen LogP contribution in [0.15, 0.2) is 18.2 Å². The second-order valence-corrected chi connectivity index (χ2v) is 4.97. The van der Waals surface area contributed by atoms with Gasteiger partial charge < -0.3 is 14.6 Å². The first-order valence-corrected chi connectivity index (χ1v) is 6.68. The first-order chi connectivity index (χ1) is 10.1. The van der Waals surface area contributed by atoms with E-state index >= 15 is 0 Å². The lowest BCUT2D eigenvalue weighted by atomic mass is 10.1. The lowest BCUT2D eigenvalue weighted by Crippen LogP contribution is -2.14. The third kappa shape index (κ3) is 2.27. The molecule has 6 nitrogen and oxygen atoms in total. The van der Waals surface area contributed by atoms with Gasteiger partial charge >= 0.3 is 5.97 Å². The predicted octanol–water partition coefficient (Wildman–Crippen LogP) is 1.96. The van der Waals surface area contributed by atoms with Gasteiger partial charge in [-0.1, -0.05) is 6.07 Å². The molecule has 1 aromatic carbocycles. The number of carbonyl (C=O) groups is 1. The molecule has 0 aliphatic carbocycles. The van der Waals surface area contributed by atoms with Crippen LogP contribution in [0, 0.1) is 6.92 Å². The van der Waals surface area contributed by atoms with Crippen molar-refractivity contribution in [2.45, 2.75) is 20.0 Å². The van der Waals surface area contributed by atoms with E-state index in [1.165, 1.54) is 0 Å². The maximum Gasteiger partial charge on any atom is 0.356 e. The Hall–Kier alpha value is -2.34. The van der Waals surface area contributed by atoms with Crippen LogP contribution in [0.1, 0.15) is 27.3 Å². The standard InChI is InChI=1S/C15H16N2O4/c1-9-3-4-13(20-2)12(7-9)17-11-5-6-21-8-10(11)14(16-17)15(18)19/h3-4,7H,5-6,8H2,1-2H3,(H,18,19). The molecule has 0 atom stereocenters. The van der Waals surface area contributed by atoms with Gasteiger partial charge in [-0.2, -0.15) is 5.10 Å². The Kier molecular flexibility index (Phi) is 3.39. The minimum absolute atomic E-state index is 0.0493. The fraction of sp³-hybridized carbons (Fsp3) is 0.333. The Balaban J connectivity index is 2.23. The van der Waals surface area contributed by atoms with Gasteiger partial charge in [-0.3, -0.25) is 0 Å². The van der Waals surface area contributed by atoms with Crippen LogP contribution in [-0.4, -0.2) is 34.6 Å². The van der Waals surface area contributed by atoms with Crippen molar-refractivity contribution in [3.63, 3.8) is 0 Å². The van der Waals surface area contributed by atoms with E-state index in [2.05, 4.69) is 5.10 Å². The molecule has 1 aliphatic rings. The van der Waals surface area contributed by atoms with Gasteiger partial charge in [0.05, 0.1) is 26.0 Å². The predicted molar refractivity (Wildman–Crippen MR) is 75.2 cm³/mol. The highest BCUT2D eigenvalue weighted by atomic mass is 16.5. The quantitative estimate of drug-likeness (QED) is 0.934. The molecule has 0 radical (unpaired) electrons. The molecular formula is C15H16N2O4. The van der Waals surface area contributed by atoms with Gasteiger partial charge in [0.1, 0.15) is 11.4 Å². The van der Waals surface area contributed by atoms with Gasteiger partial charge in [0.15, 0.2) is 5.69 Å². The molecule has 0 saturated carbocycles. The van der Waals surface area contributed by atoms with Crippen LogP contribution in [0.3, 0.4) is 0 Å². The van der Waals surface area contributed by atoms with Crippen molar-refractivity contribution < 1.29 is 19.4 Å². The highest BCUT2D eigenvalue weighted by Crippen LogP contribution is 2.29. The molecule has 0 amide bonds. The molecule has 0 fully saturated rings. The zero-order chi connectivity index (χ0) is 15.0. The number of aromatic carboxylic acids is 1. The summed E-state index contributed by atoms with van der Waals surface area (Å²) >= 11 is 0. The Bertz CT molecular complexity index is 706. The molecule has 0 unspecified atom stereocenters. The van der Waals surface area contributed by atoms with E-state index in [1.54, 1.807) is 11.8 Å². The molecule has 1 aliphatic heterocycles. The van der Waals surface area contributed by atoms with Gasteiger partial charge in [-0.05, 0) is 24.6 Å². The monoisotopic (exact) mass is 288 g/mol. The third-order valence-electron chi connectivity index (χ3n) is 3.58. The summed E-state index contributed by atoms with van der Waals surface area (Å²) in [6.45, 7) is 2.82. The van der Waals surface area contributed by atoms with E-state index < -0.39 is 5.97 Å². The van der Waals surface area contributed by atoms with E-state index in [1.807, 2.05) is 25.1 Å². The van der Waals surface area contributed by atoms with Crippen molar-refractivity contribution in [2.24, 2.45) is 0 Å². The fourth-order valence-electron chi connectivity index (χ4n) is 2.57. The average molecular weight is 288 g/mol. The maximum atomic E-state index is 11.4. The lowest BCUT2D eigenvalue weighted by molar-refractivity contribution is 0.0677. The molecule has 0 saturated heterocycles. The molecule has 1 N–H and O–H groups in total. The minimum Gasteiger partial charge on any atom is -0.494 e. The number of aromatic nitrogens is 2. The van der Waals surface area contributed by atoms with E-state index in [4.69, 9.17) is 9.47 Å². The minimum atomic E-state index is -1.04. The molecule has 110 valence electrons. The van der Waals surface area contributed by atoms with Crippen LogP contribution >= 0.6 is 0 Å². The number of hydrogen-bond acceptors (Lipinski definition) is 4. The number of benzene rings is 1. The maximum absolute atomic E-state index is 11.4. The first kappa shape index (κ1) is 13.6. The highest BCUT2D eigenvalue weighted by Gasteiger charge is 2.26. The Labute approximate surface area is 121 Å². The van der Waals surface area contributed by atoms with Gasteiger partial charge in [0, 0.05) is 12.0 Å². The fourth-order valence-corrected chi connectivity index (χ4v) is 2.57. The zero-order valence-corrected chi connectivity index (χ0v) is 11.9. The molecule has 2 heterocycles. The Morgan fingerprint density at radius 1 is 1.48 bits per heavy atom. The Morgan fingerprint density at radius 3 is 3.00 bits per heavy atom. The van der Waals surface area contributed by atoms with Crippen LogP contribution in [0.25, 0.3) is 5.69 Å². The number of carboxylic acid groups (broad SMARTS) is 1. The number of ether oxygens (including phenoxy) is 2. The van der Waals surface area contributed by atoms with Crippen LogP contribution in [0.5, 0.6) is 5.75 Å². The van der Waals surface area contributed by atoms with Gasteiger partial charge in [-0.25, -0.2) is 9.48 Å². The normalized spacial score (nSPS) is 13.8. The van der Waals surface area contributed by atoms with E-state index in [9.17, 15) is 9.90 Å². The van der Waals surface area contributed by atoms with Gasteiger partial charge in [0.2, 0.25) is 0 Å². The number of carboxylic acids is 1. The summed E-state index contributed by atoms with van der Waals surface area (Å²) in [6.07, 6.45) is 0.632. The molecule has 1 aromatic heterocycles. The first-order valence-electron chi connectivity index (χ1n) is 6.68. The zero-order valence-electron chi connectivity index (χ0n) is 11.9. The van der Waals surface area contributed by atoms with Crippen molar-refractivity contribution >= 4 is 5.97 Å². The second kappa shape index (κ2) is 5.21. The number of fused-ring (bicyclic) bond motifs is 1. The van der Waals surface area contributed by atoms with Gasteiger partial charge in [-0.15, -0.1) is 0 Å². The molecule has 2 aromatic rings. The topological polar surface area (TPSA) is 73.6 Å². The number of hydrogen-bond donors (Lipinski definition) is 1. The number of aryl methyl sites for hydroxylation is 1. The summed E-state index contributed by atoms with van der Waals surface area (Å²) < 4.78 is 12.4. The summed E-state index contributed by atoms with van der Waals surface area (Å²) in [7, 11) is 1.59. The molecule has 6 heteroatoms. The summed E-state index contributed by atoms with van der Waals surface area (Å²) in [5.74, 6) is -0.378. The SMILES string of the molecule is COc1ccc(C)cc1-n1nc(C(=O)O)c2c1CCOC2. The van der Waals surface area contributed by atoms with Gasteiger partial charge in [0.25, 0.3) is 0 Å². The summed E-state index contributed by atoms with van der Waals surface area (Å²) in [4.78, 5) is 11.4. The van der Waals surface area contributed by atoms with Crippen LogP contribution in [-0.2, 0) is 17.8 Å². The summed E-state index contributed by atoms with van der Waals surface area (Å²) in [5.41, 5.74) is 3.38. The number of nitrogens with zero attached hydrogens (tertiary/aromatic N) is 2. The molecular weight excluding hydrogens is 272 g/mol. The second-order valence-electron chi connectivity index (χ2n) is 4.97. The molecule has 21 heavy (non-hydrogen) atoms. The van der Waals surface area contributed by atoms with Crippen LogP contribution in [0.4, 0.5) is 0 Å². The van der Waals surface area contributed by atoms with Crippen molar-refractivity contribution in [3.05, 3.63) is 40.7 Å². The third-order valence-corrected chi connectivity index (χ3v) is 3.58. The average Bonchev–Trinajstić information content (AvgIpc) is 2.87. The van der Waals surface area contributed by atoms with Crippen molar-refractivity contribution in [1.29, 1.82) is 0 Å².